The van der Waals surface area contributed by atoms with Crippen molar-refractivity contribution in [3.05, 3.63) is 60.2 Å². The molecule has 11 heteroatoms. The summed E-state index contributed by atoms with van der Waals surface area (Å²) in [6.07, 6.45) is -2.61. The van der Waals surface area contributed by atoms with Crippen LogP contribution in [0.15, 0.2) is 48.8 Å². The van der Waals surface area contributed by atoms with Crippen LogP contribution in [0.3, 0.4) is 0 Å². The van der Waals surface area contributed by atoms with Gasteiger partial charge in [-0.25, -0.2) is 14.4 Å². The smallest absolute Gasteiger partial charge is 0.397 e. The van der Waals surface area contributed by atoms with Gasteiger partial charge in [-0.3, -0.25) is 0 Å². The Morgan fingerprint density at radius 1 is 1.06 bits per heavy atom. The number of halogens is 4. The maximum atomic E-state index is 13.8. The second kappa shape index (κ2) is 9.41. The van der Waals surface area contributed by atoms with Gasteiger partial charge in [0.25, 0.3) is 0 Å². The van der Waals surface area contributed by atoms with E-state index in [4.69, 9.17) is 5.73 Å². The third-order valence-electron chi connectivity index (χ3n) is 5.57. The van der Waals surface area contributed by atoms with Crippen LogP contribution in [-0.2, 0) is 6.18 Å². The highest BCUT2D eigenvalue weighted by atomic mass is 19.4. The van der Waals surface area contributed by atoms with Gasteiger partial charge in [0.1, 0.15) is 11.4 Å². The molecule has 4 aromatic rings. The van der Waals surface area contributed by atoms with Crippen molar-refractivity contribution in [3.8, 4) is 11.3 Å². The zero-order valence-corrected chi connectivity index (χ0v) is 19.4. The normalized spacial score (nSPS) is 11.9. The van der Waals surface area contributed by atoms with E-state index >= 15 is 0 Å². The van der Waals surface area contributed by atoms with E-state index in [0.717, 1.165) is 25.0 Å². The molecule has 0 bridgehead atoms. The second-order valence-corrected chi connectivity index (χ2v) is 8.47. The van der Waals surface area contributed by atoms with Crippen molar-refractivity contribution in [2.24, 2.45) is 0 Å². The highest BCUT2D eigenvalue weighted by Crippen LogP contribution is 2.39. The Hall–Kier alpha value is -3.86. The largest absolute Gasteiger partial charge is 0.419 e. The number of nitrogens with zero attached hydrogens (tertiary/aromatic N) is 4. The molecule has 35 heavy (non-hydrogen) atoms. The molecule has 0 radical (unpaired) electrons. The summed E-state index contributed by atoms with van der Waals surface area (Å²) >= 11 is 0. The Morgan fingerprint density at radius 2 is 1.83 bits per heavy atom. The number of anilines is 4. The summed E-state index contributed by atoms with van der Waals surface area (Å²) < 4.78 is 55.1. The fraction of sp³-hybridized carbons (Fsp3) is 0.250. The number of likely N-dealkylation sites (N-methyl/N-ethyl adjacent to an activating group) is 2. The SMILES string of the molecule is CN(C)CCN(C)c1ccc(Nc2ncc(C(F)(F)F)c(-c3c[nH]c4ccc(F)cc34)n2)cc1N. The molecule has 0 amide bonds. The first-order chi connectivity index (χ1) is 16.5. The van der Waals surface area contributed by atoms with Gasteiger partial charge in [-0.05, 0) is 50.5 Å². The molecular formula is C24H25F4N7. The first-order valence-electron chi connectivity index (χ1n) is 10.8. The molecule has 0 aliphatic carbocycles. The maximum Gasteiger partial charge on any atom is 0.419 e. The van der Waals surface area contributed by atoms with E-state index < -0.39 is 17.6 Å². The summed E-state index contributed by atoms with van der Waals surface area (Å²) in [6.45, 7) is 1.61. The molecular weight excluding hydrogens is 462 g/mol. The van der Waals surface area contributed by atoms with Gasteiger partial charge in [0.15, 0.2) is 0 Å². The minimum Gasteiger partial charge on any atom is -0.397 e. The Morgan fingerprint density at radius 3 is 2.51 bits per heavy atom. The number of hydrogen-bond acceptors (Lipinski definition) is 6. The zero-order valence-electron chi connectivity index (χ0n) is 19.4. The lowest BCUT2D eigenvalue weighted by molar-refractivity contribution is -0.137. The van der Waals surface area contributed by atoms with Gasteiger partial charge in [-0.2, -0.15) is 13.2 Å². The average molecular weight is 488 g/mol. The minimum absolute atomic E-state index is 0.0492. The van der Waals surface area contributed by atoms with E-state index in [1.165, 1.54) is 24.4 Å². The molecule has 0 unspecified atom stereocenters. The standard InChI is InChI=1S/C24H25F4N7/c1-34(2)8-9-35(3)21-7-5-15(11-19(21)29)32-23-31-13-18(24(26,27)28)22(33-23)17-12-30-20-6-4-14(25)10-16(17)20/h4-7,10-13,30H,8-9,29H2,1-3H3,(H,31,32,33). The number of fused-ring (bicyclic) bond motifs is 1. The number of alkyl halides is 3. The van der Waals surface area contributed by atoms with Gasteiger partial charge >= 0.3 is 6.18 Å². The van der Waals surface area contributed by atoms with Crippen molar-refractivity contribution in [3.63, 3.8) is 0 Å². The zero-order chi connectivity index (χ0) is 25.3. The van der Waals surface area contributed by atoms with Crippen LogP contribution >= 0.6 is 0 Å². The van der Waals surface area contributed by atoms with Crippen LogP contribution in [0.1, 0.15) is 5.56 Å². The molecule has 0 aliphatic heterocycles. The lowest BCUT2D eigenvalue weighted by Gasteiger charge is -2.23. The molecule has 0 saturated carbocycles. The quantitative estimate of drug-likeness (QED) is 0.248. The van der Waals surface area contributed by atoms with Gasteiger partial charge < -0.3 is 25.8 Å². The van der Waals surface area contributed by atoms with Crippen LogP contribution in [0.5, 0.6) is 0 Å². The maximum absolute atomic E-state index is 13.8. The van der Waals surface area contributed by atoms with Gasteiger partial charge in [-0.1, -0.05) is 0 Å². The Bertz CT molecular complexity index is 1350. The first-order valence-corrected chi connectivity index (χ1v) is 10.8. The number of aromatic amines is 1. The molecule has 4 N–H and O–H groups in total. The van der Waals surface area contributed by atoms with Crippen molar-refractivity contribution in [1.82, 2.24) is 19.9 Å². The molecule has 2 aromatic heterocycles. The van der Waals surface area contributed by atoms with Crippen LogP contribution in [0, 0.1) is 5.82 Å². The number of nitrogens with one attached hydrogen (secondary N) is 2. The van der Waals surface area contributed by atoms with Crippen LogP contribution in [0.4, 0.5) is 40.6 Å². The lowest BCUT2D eigenvalue weighted by atomic mass is 10.1. The van der Waals surface area contributed by atoms with E-state index in [1.807, 2.05) is 32.1 Å². The third kappa shape index (κ3) is 5.29. The third-order valence-corrected chi connectivity index (χ3v) is 5.57. The van der Waals surface area contributed by atoms with Crippen molar-refractivity contribution in [1.29, 1.82) is 0 Å². The van der Waals surface area contributed by atoms with Crippen molar-refractivity contribution < 1.29 is 17.6 Å². The van der Waals surface area contributed by atoms with E-state index in [2.05, 4.69) is 25.2 Å². The Balaban J connectivity index is 1.68. The minimum atomic E-state index is -4.70. The van der Waals surface area contributed by atoms with Gasteiger partial charge in [0.2, 0.25) is 5.95 Å². The molecule has 0 atom stereocenters. The molecule has 0 fully saturated rings. The summed E-state index contributed by atoms with van der Waals surface area (Å²) in [5.41, 5.74) is 7.29. The molecule has 4 rings (SSSR count). The summed E-state index contributed by atoms with van der Waals surface area (Å²) in [7, 11) is 5.89. The van der Waals surface area contributed by atoms with Crippen molar-refractivity contribution >= 4 is 33.9 Å². The fourth-order valence-electron chi connectivity index (χ4n) is 3.72. The second-order valence-electron chi connectivity index (χ2n) is 8.47. The average Bonchev–Trinajstić information content (AvgIpc) is 3.19. The number of hydrogen-bond donors (Lipinski definition) is 3. The predicted molar refractivity (Wildman–Crippen MR) is 130 cm³/mol. The van der Waals surface area contributed by atoms with E-state index in [1.54, 1.807) is 12.1 Å². The van der Waals surface area contributed by atoms with Crippen molar-refractivity contribution in [2.75, 3.05) is 50.2 Å². The van der Waals surface area contributed by atoms with Gasteiger partial charge in [0.05, 0.1) is 17.1 Å². The van der Waals surface area contributed by atoms with E-state index in [0.29, 0.717) is 16.9 Å². The number of aromatic nitrogens is 3. The number of benzene rings is 2. The number of H-pyrrole nitrogens is 1. The van der Waals surface area contributed by atoms with Crippen LogP contribution < -0.4 is 16.0 Å². The molecule has 2 aromatic carbocycles. The lowest BCUT2D eigenvalue weighted by Crippen LogP contribution is -2.28. The number of rotatable bonds is 7. The summed E-state index contributed by atoms with van der Waals surface area (Å²) in [4.78, 5) is 15.0. The van der Waals surface area contributed by atoms with Crippen LogP contribution in [0.25, 0.3) is 22.2 Å². The highest BCUT2D eigenvalue weighted by Gasteiger charge is 2.36. The van der Waals surface area contributed by atoms with Gasteiger partial charge in [0, 0.05) is 54.7 Å². The summed E-state index contributed by atoms with van der Waals surface area (Å²) in [5.74, 6) is -0.614. The monoisotopic (exact) mass is 487 g/mol. The predicted octanol–water partition coefficient (Wildman–Crippen LogP) is 5.11. The molecule has 0 spiro atoms. The van der Waals surface area contributed by atoms with Crippen molar-refractivity contribution in [2.45, 2.75) is 6.18 Å². The highest BCUT2D eigenvalue weighted by molar-refractivity contribution is 5.95. The summed E-state index contributed by atoms with van der Waals surface area (Å²) in [5, 5.41) is 3.21. The topological polar surface area (TPSA) is 86.1 Å². The summed E-state index contributed by atoms with van der Waals surface area (Å²) in [6, 6.07) is 9.10. The molecule has 7 nitrogen and oxygen atoms in total. The molecule has 0 saturated heterocycles. The molecule has 2 heterocycles. The molecule has 0 aliphatic rings. The van der Waals surface area contributed by atoms with E-state index in [-0.39, 0.29) is 22.6 Å². The van der Waals surface area contributed by atoms with E-state index in [9.17, 15) is 17.6 Å². The van der Waals surface area contributed by atoms with Gasteiger partial charge in [-0.15, -0.1) is 0 Å². The number of nitrogens with two attached hydrogens (primary N) is 1. The van der Waals surface area contributed by atoms with Crippen LogP contribution in [-0.4, -0.2) is 54.1 Å². The Labute approximate surface area is 199 Å². The number of nitrogen functional groups attached to an aromatic ring is 1. The van der Waals surface area contributed by atoms with Crippen LogP contribution in [0.2, 0.25) is 0 Å². The fourth-order valence-corrected chi connectivity index (χ4v) is 3.72. The first kappa shape index (κ1) is 24.3. The Kier molecular flexibility index (Phi) is 6.53. The molecule has 184 valence electrons.